The fourth-order valence-corrected chi connectivity index (χ4v) is 2.63. The Morgan fingerprint density at radius 2 is 1.43 bits per heavy atom. The van der Waals surface area contributed by atoms with Crippen LogP contribution in [-0.2, 0) is 47.6 Å². The van der Waals surface area contributed by atoms with Gasteiger partial charge >= 0.3 is 30.0 Å². The van der Waals surface area contributed by atoms with Crippen LogP contribution in [0.25, 0.3) is 0 Å². The van der Waals surface area contributed by atoms with Crippen LogP contribution in [0.4, 0.5) is 4.79 Å². The Balaban J connectivity index is 3.30. The molecule has 5 atom stereocenters. The van der Waals surface area contributed by atoms with Crippen molar-refractivity contribution in [2.75, 3.05) is 13.2 Å². The molecular weight excluding hydrogens is 406 g/mol. The van der Waals surface area contributed by atoms with Gasteiger partial charge in [-0.1, -0.05) is 12.7 Å². The van der Waals surface area contributed by atoms with Crippen molar-refractivity contribution in [1.82, 2.24) is 5.32 Å². The minimum absolute atomic E-state index is 0.127. The summed E-state index contributed by atoms with van der Waals surface area (Å²) in [6.45, 7) is 7.32. The van der Waals surface area contributed by atoms with Gasteiger partial charge in [-0.15, -0.1) is 0 Å². The van der Waals surface area contributed by atoms with Gasteiger partial charge in [0, 0.05) is 27.7 Å². The van der Waals surface area contributed by atoms with Crippen LogP contribution in [0, 0.1) is 0 Å². The SMILES string of the molecule is C=CCOC(=O)N[C@@H]1[C@H](OC(C)=O)O[C@H](COC(C)=O)[C@@H](OC(C)=O)[C@@H]1OC(C)=O. The zero-order chi connectivity index (χ0) is 22.8. The Morgan fingerprint density at radius 1 is 0.867 bits per heavy atom. The van der Waals surface area contributed by atoms with Gasteiger partial charge in [0.1, 0.15) is 25.4 Å². The number of ether oxygens (including phenoxy) is 6. The van der Waals surface area contributed by atoms with Crippen LogP contribution >= 0.6 is 0 Å². The summed E-state index contributed by atoms with van der Waals surface area (Å²) >= 11 is 0. The minimum atomic E-state index is -1.48. The lowest BCUT2D eigenvalue weighted by atomic mass is 9.96. The van der Waals surface area contributed by atoms with E-state index in [-0.39, 0.29) is 6.61 Å². The molecule has 1 N–H and O–H groups in total. The number of nitrogens with one attached hydrogen (secondary N) is 1. The predicted octanol–water partition coefficient (Wildman–Crippen LogP) is -0.0183. The van der Waals surface area contributed by atoms with E-state index < -0.39 is 67.2 Å². The molecule has 1 fully saturated rings. The van der Waals surface area contributed by atoms with Gasteiger partial charge < -0.3 is 33.7 Å². The molecule has 0 aromatic carbocycles. The molecule has 0 aromatic rings. The van der Waals surface area contributed by atoms with E-state index in [0.717, 1.165) is 27.7 Å². The molecule has 0 spiro atoms. The molecule has 0 aromatic heterocycles. The monoisotopic (exact) mass is 431 g/mol. The van der Waals surface area contributed by atoms with E-state index in [1.54, 1.807) is 0 Å². The van der Waals surface area contributed by atoms with Crippen LogP contribution in [0.5, 0.6) is 0 Å². The normalized spacial score (nSPS) is 25.3. The van der Waals surface area contributed by atoms with Gasteiger partial charge in [0.05, 0.1) is 0 Å². The number of amides is 1. The third-order valence-electron chi connectivity index (χ3n) is 3.60. The zero-order valence-electron chi connectivity index (χ0n) is 17.1. The lowest BCUT2D eigenvalue weighted by molar-refractivity contribution is -0.270. The number of alkyl carbamates (subject to hydrolysis) is 1. The van der Waals surface area contributed by atoms with Crippen molar-refractivity contribution in [3.05, 3.63) is 12.7 Å². The van der Waals surface area contributed by atoms with Gasteiger partial charge in [0.15, 0.2) is 12.2 Å². The van der Waals surface area contributed by atoms with Crippen LogP contribution in [0.3, 0.4) is 0 Å². The Bertz CT molecular complexity index is 677. The minimum Gasteiger partial charge on any atom is -0.463 e. The number of carbonyl (C=O) groups is 5. The topological polar surface area (TPSA) is 153 Å². The van der Waals surface area contributed by atoms with Crippen LogP contribution in [-0.4, -0.2) is 73.8 Å². The molecule has 30 heavy (non-hydrogen) atoms. The van der Waals surface area contributed by atoms with E-state index in [1.807, 2.05) is 0 Å². The maximum atomic E-state index is 12.1. The second-order valence-corrected chi connectivity index (χ2v) is 6.16. The summed E-state index contributed by atoms with van der Waals surface area (Å²) in [5.74, 6) is -2.96. The third kappa shape index (κ3) is 8.07. The highest BCUT2D eigenvalue weighted by Gasteiger charge is 2.52. The molecule has 12 nitrogen and oxygen atoms in total. The number of carbonyl (C=O) groups excluding carboxylic acids is 5. The van der Waals surface area contributed by atoms with Crippen LogP contribution in [0.2, 0.25) is 0 Å². The molecule has 168 valence electrons. The van der Waals surface area contributed by atoms with Crippen molar-refractivity contribution < 1.29 is 52.4 Å². The maximum Gasteiger partial charge on any atom is 0.408 e. The Hall–Kier alpha value is -3.15. The molecule has 1 heterocycles. The summed E-state index contributed by atoms with van der Waals surface area (Å²) in [7, 11) is 0. The quantitative estimate of drug-likeness (QED) is 0.313. The van der Waals surface area contributed by atoms with Crippen molar-refractivity contribution in [2.45, 2.75) is 58.3 Å². The fourth-order valence-electron chi connectivity index (χ4n) is 2.63. The number of rotatable bonds is 8. The molecule has 0 aliphatic carbocycles. The molecule has 12 heteroatoms. The smallest absolute Gasteiger partial charge is 0.408 e. The lowest BCUT2D eigenvalue weighted by Gasteiger charge is -2.44. The highest BCUT2D eigenvalue weighted by molar-refractivity contribution is 5.70. The van der Waals surface area contributed by atoms with Crippen LogP contribution < -0.4 is 5.32 Å². The molecule has 1 rings (SSSR count). The van der Waals surface area contributed by atoms with Gasteiger partial charge in [0.2, 0.25) is 6.29 Å². The van der Waals surface area contributed by atoms with Gasteiger partial charge in [-0.2, -0.15) is 0 Å². The second kappa shape index (κ2) is 11.8. The first-order chi connectivity index (χ1) is 14.0. The fraction of sp³-hybridized carbons (Fsp3) is 0.611. The molecule has 0 bridgehead atoms. The molecule has 0 unspecified atom stereocenters. The first-order valence-corrected chi connectivity index (χ1v) is 8.89. The number of esters is 4. The highest BCUT2D eigenvalue weighted by Crippen LogP contribution is 2.28. The van der Waals surface area contributed by atoms with E-state index in [0.29, 0.717) is 0 Å². The first kappa shape index (κ1) is 24.9. The zero-order valence-corrected chi connectivity index (χ0v) is 17.1. The second-order valence-electron chi connectivity index (χ2n) is 6.16. The summed E-state index contributed by atoms with van der Waals surface area (Å²) in [6, 6.07) is -1.31. The Morgan fingerprint density at radius 3 is 1.93 bits per heavy atom. The predicted molar refractivity (Wildman–Crippen MR) is 96.6 cm³/mol. The molecule has 0 saturated carbocycles. The van der Waals surface area contributed by atoms with Crippen molar-refractivity contribution in [3.63, 3.8) is 0 Å². The number of hydrogen-bond donors (Lipinski definition) is 1. The average molecular weight is 431 g/mol. The highest BCUT2D eigenvalue weighted by atomic mass is 16.7. The van der Waals surface area contributed by atoms with Gasteiger partial charge in [-0.05, 0) is 0 Å². The van der Waals surface area contributed by atoms with Gasteiger partial charge in [0.25, 0.3) is 0 Å². The molecule has 0 radical (unpaired) electrons. The van der Waals surface area contributed by atoms with Crippen LogP contribution in [0.15, 0.2) is 12.7 Å². The summed E-state index contributed by atoms with van der Waals surface area (Å²) in [4.78, 5) is 58.1. The largest absolute Gasteiger partial charge is 0.463 e. The van der Waals surface area contributed by atoms with E-state index >= 15 is 0 Å². The third-order valence-corrected chi connectivity index (χ3v) is 3.60. The van der Waals surface area contributed by atoms with E-state index in [1.165, 1.54) is 6.08 Å². The van der Waals surface area contributed by atoms with E-state index in [9.17, 15) is 24.0 Å². The molecular formula is C18H25NO11. The molecule has 1 aliphatic heterocycles. The average Bonchev–Trinajstić information content (AvgIpc) is 2.62. The summed E-state index contributed by atoms with van der Waals surface area (Å²) in [5.41, 5.74) is 0. The number of hydrogen-bond acceptors (Lipinski definition) is 11. The Kier molecular flexibility index (Phi) is 9.75. The van der Waals surface area contributed by atoms with Gasteiger partial charge in [-0.3, -0.25) is 19.2 Å². The van der Waals surface area contributed by atoms with Crippen molar-refractivity contribution in [1.29, 1.82) is 0 Å². The van der Waals surface area contributed by atoms with E-state index in [4.69, 9.17) is 28.4 Å². The van der Waals surface area contributed by atoms with Crippen LogP contribution in [0.1, 0.15) is 27.7 Å². The first-order valence-electron chi connectivity index (χ1n) is 8.89. The summed E-state index contributed by atoms with van der Waals surface area (Å²) in [6.07, 6.45) is -4.95. The summed E-state index contributed by atoms with van der Waals surface area (Å²) < 4.78 is 30.9. The van der Waals surface area contributed by atoms with Crippen molar-refractivity contribution in [2.24, 2.45) is 0 Å². The van der Waals surface area contributed by atoms with Gasteiger partial charge in [-0.25, -0.2) is 4.79 Å². The Labute approximate surface area is 172 Å². The van der Waals surface area contributed by atoms with Crippen molar-refractivity contribution in [3.8, 4) is 0 Å². The summed E-state index contributed by atoms with van der Waals surface area (Å²) in [5, 5.41) is 2.37. The maximum absolute atomic E-state index is 12.1. The van der Waals surface area contributed by atoms with Crippen molar-refractivity contribution >= 4 is 30.0 Å². The standard InChI is InChI=1S/C18H25NO11/c1-6-7-25-18(24)19-14-16(28-11(4)22)15(27-10(3)21)13(8-26-9(2)20)30-17(14)29-12(5)23/h6,13-17H,1,7-8H2,2-5H3,(H,19,24)/t13-,14+,15-,16-,17-/m1/s1. The lowest BCUT2D eigenvalue weighted by Crippen LogP contribution is -2.67. The van der Waals surface area contributed by atoms with E-state index in [2.05, 4.69) is 11.9 Å². The molecule has 1 aliphatic rings. The molecule has 1 amide bonds. The molecule has 1 saturated heterocycles.